The SMILES string of the molecule is Cc1ccc(C#N)c(N[C@H](CO)C(C)C)c1. The number of aliphatic hydroxyl groups excluding tert-OH is 1. The van der Waals surface area contributed by atoms with E-state index in [1.165, 1.54) is 0 Å². The maximum absolute atomic E-state index is 9.25. The standard InChI is InChI=1S/C13H18N2O/c1-9(2)13(8-16)15-12-6-10(3)4-5-11(12)7-14/h4-6,9,13,15-16H,8H2,1-3H3/t13-/m1/s1. The van der Waals surface area contributed by atoms with E-state index in [1.807, 2.05) is 32.9 Å². The Labute approximate surface area is 96.7 Å². The van der Waals surface area contributed by atoms with Crippen LogP contribution in [0.1, 0.15) is 25.0 Å². The summed E-state index contributed by atoms with van der Waals surface area (Å²) in [7, 11) is 0. The highest BCUT2D eigenvalue weighted by atomic mass is 16.3. The molecule has 0 fully saturated rings. The van der Waals surface area contributed by atoms with Gasteiger partial charge in [0.25, 0.3) is 0 Å². The smallest absolute Gasteiger partial charge is 0.101 e. The molecular weight excluding hydrogens is 200 g/mol. The van der Waals surface area contributed by atoms with Crippen molar-refractivity contribution in [1.29, 1.82) is 5.26 Å². The lowest BCUT2D eigenvalue weighted by atomic mass is 10.0. The second kappa shape index (κ2) is 5.53. The van der Waals surface area contributed by atoms with Crippen LogP contribution in [0.25, 0.3) is 0 Å². The van der Waals surface area contributed by atoms with Crippen LogP contribution >= 0.6 is 0 Å². The molecule has 0 aliphatic heterocycles. The minimum atomic E-state index is -0.0195. The summed E-state index contributed by atoms with van der Waals surface area (Å²) in [5, 5.41) is 21.4. The molecule has 86 valence electrons. The fourth-order valence-corrected chi connectivity index (χ4v) is 1.50. The van der Waals surface area contributed by atoms with Gasteiger partial charge < -0.3 is 10.4 Å². The van der Waals surface area contributed by atoms with Crippen molar-refractivity contribution in [2.45, 2.75) is 26.8 Å². The van der Waals surface area contributed by atoms with Gasteiger partial charge in [0.15, 0.2) is 0 Å². The van der Waals surface area contributed by atoms with Crippen molar-refractivity contribution in [2.24, 2.45) is 5.92 Å². The Morgan fingerprint density at radius 3 is 2.62 bits per heavy atom. The highest BCUT2D eigenvalue weighted by Gasteiger charge is 2.13. The first-order valence-electron chi connectivity index (χ1n) is 5.46. The molecule has 1 aromatic carbocycles. The van der Waals surface area contributed by atoms with Crippen LogP contribution in [0.15, 0.2) is 18.2 Å². The molecule has 2 N–H and O–H groups in total. The molecule has 0 radical (unpaired) electrons. The fourth-order valence-electron chi connectivity index (χ4n) is 1.50. The quantitative estimate of drug-likeness (QED) is 0.815. The third kappa shape index (κ3) is 2.98. The molecule has 0 aliphatic rings. The molecule has 0 saturated carbocycles. The number of hydrogen-bond acceptors (Lipinski definition) is 3. The predicted molar refractivity (Wildman–Crippen MR) is 65.2 cm³/mol. The average Bonchev–Trinajstić information content (AvgIpc) is 2.25. The van der Waals surface area contributed by atoms with E-state index in [9.17, 15) is 5.11 Å². The summed E-state index contributed by atoms with van der Waals surface area (Å²) in [6, 6.07) is 7.77. The van der Waals surface area contributed by atoms with Crippen molar-refractivity contribution in [3.8, 4) is 6.07 Å². The Morgan fingerprint density at radius 2 is 2.12 bits per heavy atom. The van der Waals surface area contributed by atoms with Crippen molar-refractivity contribution in [3.63, 3.8) is 0 Å². The first-order valence-corrected chi connectivity index (χ1v) is 5.46. The van der Waals surface area contributed by atoms with Crippen molar-refractivity contribution < 1.29 is 5.11 Å². The van der Waals surface area contributed by atoms with Gasteiger partial charge in [0.1, 0.15) is 6.07 Å². The van der Waals surface area contributed by atoms with Gasteiger partial charge >= 0.3 is 0 Å². The number of anilines is 1. The molecule has 3 nitrogen and oxygen atoms in total. The Balaban J connectivity index is 2.95. The molecule has 0 bridgehead atoms. The molecular formula is C13H18N2O. The fraction of sp³-hybridized carbons (Fsp3) is 0.462. The second-order valence-corrected chi connectivity index (χ2v) is 4.34. The summed E-state index contributed by atoms with van der Waals surface area (Å²) in [5.41, 5.74) is 2.52. The number of nitrogens with zero attached hydrogens (tertiary/aromatic N) is 1. The van der Waals surface area contributed by atoms with Crippen LogP contribution in [0.5, 0.6) is 0 Å². The van der Waals surface area contributed by atoms with Gasteiger partial charge in [0, 0.05) is 0 Å². The van der Waals surface area contributed by atoms with Crippen molar-refractivity contribution >= 4 is 5.69 Å². The molecule has 0 spiro atoms. The lowest BCUT2D eigenvalue weighted by Gasteiger charge is -2.22. The first kappa shape index (κ1) is 12.5. The lowest BCUT2D eigenvalue weighted by Crippen LogP contribution is -2.29. The maximum atomic E-state index is 9.25. The van der Waals surface area contributed by atoms with Crippen LogP contribution in [-0.4, -0.2) is 17.8 Å². The topological polar surface area (TPSA) is 56.0 Å². The van der Waals surface area contributed by atoms with Gasteiger partial charge in [0.2, 0.25) is 0 Å². The number of rotatable bonds is 4. The summed E-state index contributed by atoms with van der Waals surface area (Å²) in [6.45, 7) is 6.12. The minimum absolute atomic E-state index is 0.0195. The second-order valence-electron chi connectivity index (χ2n) is 4.34. The van der Waals surface area contributed by atoms with Gasteiger partial charge in [-0.1, -0.05) is 19.9 Å². The van der Waals surface area contributed by atoms with E-state index in [4.69, 9.17) is 5.26 Å². The third-order valence-corrected chi connectivity index (χ3v) is 2.64. The van der Waals surface area contributed by atoms with Gasteiger partial charge in [-0.2, -0.15) is 5.26 Å². The van der Waals surface area contributed by atoms with Gasteiger partial charge in [0.05, 0.1) is 23.9 Å². The van der Waals surface area contributed by atoms with Crippen LogP contribution in [0.3, 0.4) is 0 Å². The van der Waals surface area contributed by atoms with E-state index >= 15 is 0 Å². The molecule has 0 unspecified atom stereocenters. The molecule has 0 heterocycles. The molecule has 1 aromatic rings. The highest BCUT2D eigenvalue weighted by Crippen LogP contribution is 2.19. The van der Waals surface area contributed by atoms with Crippen LogP contribution in [0.2, 0.25) is 0 Å². The summed E-state index contributed by atoms with van der Waals surface area (Å²) >= 11 is 0. The molecule has 0 amide bonds. The summed E-state index contributed by atoms with van der Waals surface area (Å²) < 4.78 is 0. The number of nitriles is 1. The summed E-state index contributed by atoms with van der Waals surface area (Å²) in [4.78, 5) is 0. The number of nitrogens with one attached hydrogen (secondary N) is 1. The van der Waals surface area contributed by atoms with E-state index in [0.29, 0.717) is 11.5 Å². The highest BCUT2D eigenvalue weighted by molar-refractivity contribution is 5.59. The van der Waals surface area contributed by atoms with E-state index in [1.54, 1.807) is 6.07 Å². The van der Waals surface area contributed by atoms with Gasteiger partial charge in [-0.25, -0.2) is 0 Å². The van der Waals surface area contributed by atoms with Crippen molar-refractivity contribution in [2.75, 3.05) is 11.9 Å². The molecule has 0 aromatic heterocycles. The number of aryl methyl sites for hydroxylation is 1. The van der Waals surface area contributed by atoms with E-state index in [0.717, 1.165) is 11.3 Å². The molecule has 16 heavy (non-hydrogen) atoms. The number of benzene rings is 1. The first-order chi connectivity index (χ1) is 7.58. The molecule has 0 saturated heterocycles. The predicted octanol–water partition coefficient (Wildman–Crippen LogP) is 2.30. The third-order valence-electron chi connectivity index (χ3n) is 2.64. The minimum Gasteiger partial charge on any atom is -0.394 e. The van der Waals surface area contributed by atoms with Crippen LogP contribution in [0.4, 0.5) is 5.69 Å². The lowest BCUT2D eigenvalue weighted by molar-refractivity contribution is 0.249. The van der Waals surface area contributed by atoms with Crippen LogP contribution in [0, 0.1) is 24.2 Å². The van der Waals surface area contributed by atoms with E-state index in [2.05, 4.69) is 11.4 Å². The van der Waals surface area contributed by atoms with E-state index < -0.39 is 0 Å². The normalized spacial score (nSPS) is 12.2. The van der Waals surface area contributed by atoms with Crippen molar-refractivity contribution in [3.05, 3.63) is 29.3 Å². The van der Waals surface area contributed by atoms with E-state index in [-0.39, 0.29) is 12.6 Å². The molecule has 3 heteroatoms. The van der Waals surface area contributed by atoms with Gasteiger partial charge in [-0.3, -0.25) is 0 Å². The molecule has 1 rings (SSSR count). The number of hydrogen-bond donors (Lipinski definition) is 2. The Hall–Kier alpha value is -1.53. The summed E-state index contributed by atoms with van der Waals surface area (Å²) in [5.74, 6) is 0.317. The zero-order valence-electron chi connectivity index (χ0n) is 9.99. The summed E-state index contributed by atoms with van der Waals surface area (Å²) in [6.07, 6.45) is 0. The largest absolute Gasteiger partial charge is 0.394 e. The molecule has 1 atom stereocenters. The van der Waals surface area contributed by atoms with Crippen LogP contribution in [-0.2, 0) is 0 Å². The van der Waals surface area contributed by atoms with Gasteiger partial charge in [-0.05, 0) is 30.5 Å². The zero-order chi connectivity index (χ0) is 12.1. The van der Waals surface area contributed by atoms with Gasteiger partial charge in [-0.15, -0.1) is 0 Å². The average molecular weight is 218 g/mol. The zero-order valence-corrected chi connectivity index (χ0v) is 9.99. The Morgan fingerprint density at radius 1 is 1.44 bits per heavy atom. The number of aliphatic hydroxyl groups is 1. The Kier molecular flexibility index (Phi) is 4.33. The monoisotopic (exact) mass is 218 g/mol. The Bertz CT molecular complexity index is 393. The molecule has 0 aliphatic carbocycles. The van der Waals surface area contributed by atoms with Crippen molar-refractivity contribution in [1.82, 2.24) is 0 Å². The van der Waals surface area contributed by atoms with Crippen LogP contribution < -0.4 is 5.32 Å². The maximum Gasteiger partial charge on any atom is 0.101 e.